The summed E-state index contributed by atoms with van der Waals surface area (Å²) in [5, 5.41) is 4.95. The summed E-state index contributed by atoms with van der Waals surface area (Å²) in [7, 11) is 16.7. The normalized spacial score (nSPS) is 11.2. The molecule has 0 saturated carbocycles. The third-order valence-electron chi connectivity index (χ3n) is 9.85. The van der Waals surface area contributed by atoms with Gasteiger partial charge in [0.05, 0.1) is 0 Å². The maximum atomic E-state index is 2.41. The van der Waals surface area contributed by atoms with Crippen LogP contribution in [0.15, 0.2) is 133 Å². The van der Waals surface area contributed by atoms with Crippen molar-refractivity contribution in [1.29, 1.82) is 0 Å². The molecule has 250 valence electrons. The summed E-state index contributed by atoms with van der Waals surface area (Å²) in [5.41, 5.74) is 14.5. The first kappa shape index (κ1) is 32.8. The number of nitrogens with zero attached hydrogens (tertiary/aromatic N) is 4. The molecule has 0 atom stereocenters. The van der Waals surface area contributed by atoms with Crippen LogP contribution in [0.4, 0.5) is 22.7 Å². The number of rotatable bonds is 8. The second kappa shape index (κ2) is 13.3. The Bertz CT molecular complexity index is 2110. The third-order valence-corrected chi connectivity index (χ3v) is 9.85. The Morgan fingerprint density at radius 3 is 0.780 bits per heavy atom. The molecule has 0 amide bonds. The van der Waals surface area contributed by atoms with E-state index in [1.807, 2.05) is 0 Å². The zero-order valence-electron chi connectivity index (χ0n) is 30.5. The van der Waals surface area contributed by atoms with E-state index in [4.69, 9.17) is 0 Å². The highest BCUT2D eigenvalue weighted by Gasteiger charge is 2.15. The van der Waals surface area contributed by atoms with Gasteiger partial charge < -0.3 is 19.6 Å². The Morgan fingerprint density at radius 1 is 0.260 bits per heavy atom. The van der Waals surface area contributed by atoms with Crippen molar-refractivity contribution in [2.24, 2.45) is 0 Å². The Morgan fingerprint density at radius 2 is 0.520 bits per heavy atom. The lowest BCUT2D eigenvalue weighted by Crippen LogP contribution is -2.08. The summed E-state index contributed by atoms with van der Waals surface area (Å²) in [5.74, 6) is 0. The molecule has 0 N–H and O–H groups in total. The molecule has 0 aromatic heterocycles. The fraction of sp³-hybridized carbons (Fsp3) is 0.174. The largest absolute Gasteiger partial charge is 0.378 e. The van der Waals surface area contributed by atoms with Crippen LogP contribution >= 0.6 is 0 Å². The van der Waals surface area contributed by atoms with E-state index in [9.17, 15) is 0 Å². The number of benzene rings is 7. The average molecular weight is 655 g/mol. The van der Waals surface area contributed by atoms with Crippen molar-refractivity contribution >= 4 is 44.3 Å². The van der Waals surface area contributed by atoms with Crippen molar-refractivity contribution in [3.05, 3.63) is 133 Å². The molecule has 0 aliphatic rings. The van der Waals surface area contributed by atoms with Crippen molar-refractivity contribution in [2.75, 3.05) is 76.0 Å². The summed E-state index contributed by atoms with van der Waals surface area (Å²) in [6.07, 6.45) is 0. The van der Waals surface area contributed by atoms with E-state index in [1.165, 1.54) is 88.8 Å². The Balaban J connectivity index is 1.49. The summed E-state index contributed by atoms with van der Waals surface area (Å²) in [4.78, 5) is 8.59. The van der Waals surface area contributed by atoms with E-state index in [-0.39, 0.29) is 0 Å². The molecule has 0 bridgehead atoms. The molecular formula is C46H46N4. The molecular weight excluding hydrogens is 609 g/mol. The molecule has 0 aliphatic heterocycles. The van der Waals surface area contributed by atoms with Gasteiger partial charge in [-0.05, 0) is 151 Å². The van der Waals surface area contributed by atoms with Crippen molar-refractivity contribution < 1.29 is 0 Å². The fourth-order valence-corrected chi connectivity index (χ4v) is 6.82. The van der Waals surface area contributed by atoms with Gasteiger partial charge in [0, 0.05) is 79.1 Å². The van der Waals surface area contributed by atoms with E-state index in [1.54, 1.807) is 0 Å². The molecule has 0 saturated heterocycles. The molecule has 0 unspecified atom stereocenters. The Kier molecular flexibility index (Phi) is 8.71. The lowest BCUT2D eigenvalue weighted by molar-refractivity contribution is 1.13. The van der Waals surface area contributed by atoms with Crippen LogP contribution in [0.2, 0.25) is 0 Å². The van der Waals surface area contributed by atoms with Gasteiger partial charge in [0.25, 0.3) is 0 Å². The molecule has 50 heavy (non-hydrogen) atoms. The predicted octanol–water partition coefficient (Wildman–Crippen LogP) is 10.9. The minimum Gasteiger partial charge on any atom is -0.378 e. The number of fused-ring (bicyclic) bond motifs is 2. The molecule has 0 spiro atoms. The van der Waals surface area contributed by atoms with Gasteiger partial charge in [-0.1, -0.05) is 48.5 Å². The van der Waals surface area contributed by atoms with Crippen LogP contribution in [0.3, 0.4) is 0 Å². The molecule has 0 radical (unpaired) electrons. The van der Waals surface area contributed by atoms with Crippen LogP contribution in [0.1, 0.15) is 0 Å². The van der Waals surface area contributed by atoms with Crippen LogP contribution in [-0.2, 0) is 0 Å². The highest BCUT2D eigenvalue weighted by atomic mass is 15.1. The van der Waals surface area contributed by atoms with Crippen LogP contribution < -0.4 is 19.6 Å². The standard InChI is InChI=1S/C46H46N4/c1-47(2)39-17-9-31(10-18-39)35-25-37-29-46-38(30-45(37)43(27-35)33-13-21-41(22-14-33)49(5)6)26-36(32-11-19-40(20-12-32)48(3)4)28-44(46)34-15-23-42(24-16-34)50(7)8/h9-30H,1-8H3. The van der Waals surface area contributed by atoms with Crippen molar-refractivity contribution in [2.45, 2.75) is 0 Å². The van der Waals surface area contributed by atoms with E-state index in [0.29, 0.717) is 0 Å². The first-order chi connectivity index (χ1) is 24.0. The minimum atomic E-state index is 1.19. The molecule has 7 aromatic carbocycles. The highest BCUT2D eigenvalue weighted by molar-refractivity contribution is 6.11. The van der Waals surface area contributed by atoms with Crippen LogP contribution in [0, 0.1) is 0 Å². The monoisotopic (exact) mass is 654 g/mol. The molecule has 7 aromatic rings. The zero-order valence-corrected chi connectivity index (χ0v) is 30.5. The molecule has 0 fully saturated rings. The first-order valence-corrected chi connectivity index (χ1v) is 17.2. The van der Waals surface area contributed by atoms with Crippen molar-refractivity contribution in [3.8, 4) is 44.5 Å². The minimum absolute atomic E-state index is 1.19. The topological polar surface area (TPSA) is 13.0 Å². The van der Waals surface area contributed by atoms with Gasteiger partial charge in [0.15, 0.2) is 0 Å². The molecule has 0 heterocycles. The highest BCUT2D eigenvalue weighted by Crippen LogP contribution is 2.41. The maximum absolute atomic E-state index is 2.41. The predicted molar refractivity (Wildman–Crippen MR) is 221 cm³/mol. The number of hydrogen-bond donors (Lipinski definition) is 0. The smallest absolute Gasteiger partial charge is 0.0361 e. The zero-order chi connectivity index (χ0) is 35.1. The SMILES string of the molecule is CN(C)c1ccc(-c2cc(-c3ccc(N(C)C)cc3)c3cc4cc(-c5ccc(N(C)C)cc5)cc(-c5ccc(N(C)C)cc5)c4cc3c2)cc1. The van der Waals surface area contributed by atoms with Crippen LogP contribution in [0.5, 0.6) is 0 Å². The van der Waals surface area contributed by atoms with E-state index >= 15 is 0 Å². The third kappa shape index (κ3) is 6.37. The molecule has 7 rings (SSSR count). The first-order valence-electron chi connectivity index (χ1n) is 17.2. The van der Waals surface area contributed by atoms with E-state index in [2.05, 4.69) is 209 Å². The molecule has 4 heteroatoms. The molecule has 4 nitrogen and oxygen atoms in total. The Labute approximate surface area is 297 Å². The van der Waals surface area contributed by atoms with Gasteiger partial charge in [-0.2, -0.15) is 0 Å². The summed E-state index contributed by atoms with van der Waals surface area (Å²) in [6.45, 7) is 0. The maximum Gasteiger partial charge on any atom is 0.0361 e. The van der Waals surface area contributed by atoms with Gasteiger partial charge in [0.1, 0.15) is 0 Å². The lowest BCUT2D eigenvalue weighted by atomic mass is 9.88. The van der Waals surface area contributed by atoms with Gasteiger partial charge in [-0.15, -0.1) is 0 Å². The van der Waals surface area contributed by atoms with Gasteiger partial charge in [-0.3, -0.25) is 0 Å². The lowest BCUT2D eigenvalue weighted by Gasteiger charge is -2.18. The summed E-state index contributed by atoms with van der Waals surface area (Å²) < 4.78 is 0. The van der Waals surface area contributed by atoms with Gasteiger partial charge >= 0.3 is 0 Å². The summed E-state index contributed by atoms with van der Waals surface area (Å²) in [6, 6.07) is 49.9. The van der Waals surface area contributed by atoms with Crippen LogP contribution in [-0.4, -0.2) is 56.4 Å². The van der Waals surface area contributed by atoms with E-state index < -0.39 is 0 Å². The quantitative estimate of drug-likeness (QED) is 0.151. The van der Waals surface area contributed by atoms with Crippen molar-refractivity contribution in [1.82, 2.24) is 0 Å². The van der Waals surface area contributed by atoms with E-state index in [0.717, 1.165) is 0 Å². The van der Waals surface area contributed by atoms with Gasteiger partial charge in [-0.25, -0.2) is 0 Å². The number of hydrogen-bond acceptors (Lipinski definition) is 4. The Hall–Kier alpha value is -5.74. The second-order valence-corrected chi connectivity index (χ2v) is 14.1. The van der Waals surface area contributed by atoms with Gasteiger partial charge in [0.2, 0.25) is 0 Å². The fourth-order valence-electron chi connectivity index (χ4n) is 6.82. The van der Waals surface area contributed by atoms with Crippen LogP contribution in [0.25, 0.3) is 66.1 Å². The summed E-state index contributed by atoms with van der Waals surface area (Å²) >= 11 is 0. The average Bonchev–Trinajstić information content (AvgIpc) is 3.13. The molecule has 0 aliphatic carbocycles. The second-order valence-electron chi connectivity index (χ2n) is 14.1. The number of anilines is 4. The van der Waals surface area contributed by atoms with Crippen molar-refractivity contribution in [3.63, 3.8) is 0 Å².